The number of halogens is 1. The lowest BCUT2D eigenvalue weighted by Gasteiger charge is -2.09. The van der Waals surface area contributed by atoms with E-state index < -0.39 is 0 Å². The Balaban J connectivity index is 1.95. The van der Waals surface area contributed by atoms with E-state index in [0.717, 1.165) is 17.7 Å². The van der Waals surface area contributed by atoms with Crippen LogP contribution in [0.3, 0.4) is 0 Å². The predicted octanol–water partition coefficient (Wildman–Crippen LogP) is 5.51. The summed E-state index contributed by atoms with van der Waals surface area (Å²) in [5, 5.41) is 3.54. The Morgan fingerprint density at radius 3 is 2.36 bits per heavy atom. The number of nitrogens with one attached hydrogen (secondary N) is 1. The molecule has 1 atom stereocenters. The van der Waals surface area contributed by atoms with E-state index >= 15 is 0 Å². The second kappa shape index (κ2) is 7.81. The summed E-state index contributed by atoms with van der Waals surface area (Å²) in [6.45, 7) is 4.37. The lowest BCUT2D eigenvalue weighted by atomic mass is 9.99. The highest BCUT2D eigenvalue weighted by Gasteiger charge is 2.03. The van der Waals surface area contributed by atoms with Gasteiger partial charge in [-0.2, -0.15) is 0 Å². The maximum atomic E-state index is 11.9. The summed E-state index contributed by atoms with van der Waals surface area (Å²) in [6, 6.07) is 15.3. The Kier molecular flexibility index (Phi) is 5.79. The largest absolute Gasteiger partial charge is 0.323 e. The van der Waals surface area contributed by atoms with Crippen molar-refractivity contribution in [3.63, 3.8) is 0 Å². The monoisotopic (exact) mass is 313 g/mol. The molecule has 0 aromatic heterocycles. The molecule has 0 saturated heterocycles. The zero-order valence-electron chi connectivity index (χ0n) is 12.8. The normalized spacial score (nSPS) is 12.3. The standard InChI is InChI=1S/C19H20ClNO/c1-3-14(2)16-7-11-18(12-8-16)21-19(22)13-6-15-4-9-17(20)10-5-15/h4-14H,3H2,1-2H3,(H,21,22)/b13-6+/t14-/m1/s1. The number of hydrogen-bond donors (Lipinski definition) is 1. The summed E-state index contributed by atoms with van der Waals surface area (Å²) in [7, 11) is 0. The van der Waals surface area contributed by atoms with Gasteiger partial charge in [0.05, 0.1) is 0 Å². The second-order valence-corrected chi connectivity index (χ2v) is 5.74. The fourth-order valence-corrected chi connectivity index (χ4v) is 2.19. The summed E-state index contributed by atoms with van der Waals surface area (Å²) < 4.78 is 0. The molecule has 0 aliphatic carbocycles. The van der Waals surface area contributed by atoms with Crippen molar-refractivity contribution >= 4 is 29.3 Å². The lowest BCUT2D eigenvalue weighted by Crippen LogP contribution is -2.07. The number of rotatable bonds is 5. The van der Waals surface area contributed by atoms with Crippen LogP contribution >= 0.6 is 11.6 Å². The molecule has 0 spiro atoms. The summed E-state index contributed by atoms with van der Waals surface area (Å²) in [5.41, 5.74) is 3.03. The lowest BCUT2D eigenvalue weighted by molar-refractivity contribution is -0.111. The van der Waals surface area contributed by atoms with Gasteiger partial charge < -0.3 is 5.32 Å². The van der Waals surface area contributed by atoms with Crippen LogP contribution in [0.1, 0.15) is 37.3 Å². The van der Waals surface area contributed by atoms with Crippen molar-refractivity contribution in [3.05, 3.63) is 70.8 Å². The summed E-state index contributed by atoms with van der Waals surface area (Å²) in [5.74, 6) is 0.390. The van der Waals surface area contributed by atoms with Crippen LogP contribution in [-0.2, 0) is 4.79 Å². The van der Waals surface area contributed by atoms with Gasteiger partial charge in [0.2, 0.25) is 5.91 Å². The van der Waals surface area contributed by atoms with Gasteiger partial charge in [-0.15, -0.1) is 0 Å². The summed E-state index contributed by atoms with van der Waals surface area (Å²) in [6.07, 6.45) is 4.39. The molecule has 0 heterocycles. The molecule has 0 radical (unpaired) electrons. The number of carbonyl (C=O) groups excluding carboxylic acids is 1. The van der Waals surface area contributed by atoms with E-state index in [0.29, 0.717) is 10.9 Å². The fraction of sp³-hybridized carbons (Fsp3) is 0.211. The molecule has 2 nitrogen and oxygen atoms in total. The second-order valence-electron chi connectivity index (χ2n) is 5.31. The molecule has 0 aliphatic rings. The minimum Gasteiger partial charge on any atom is -0.323 e. The van der Waals surface area contributed by atoms with E-state index in [1.54, 1.807) is 18.2 Å². The third-order valence-electron chi connectivity index (χ3n) is 3.66. The van der Waals surface area contributed by atoms with Gasteiger partial charge in [-0.05, 0) is 53.8 Å². The van der Waals surface area contributed by atoms with Crippen LogP contribution in [0.5, 0.6) is 0 Å². The molecule has 1 amide bonds. The van der Waals surface area contributed by atoms with Gasteiger partial charge in [0.15, 0.2) is 0 Å². The summed E-state index contributed by atoms with van der Waals surface area (Å²) >= 11 is 5.82. The topological polar surface area (TPSA) is 29.1 Å². The van der Waals surface area contributed by atoms with Crippen LogP contribution in [-0.4, -0.2) is 5.91 Å². The molecular formula is C19H20ClNO. The molecule has 22 heavy (non-hydrogen) atoms. The molecule has 2 rings (SSSR count). The van der Waals surface area contributed by atoms with E-state index in [4.69, 9.17) is 11.6 Å². The first kappa shape index (κ1) is 16.3. The van der Waals surface area contributed by atoms with Gasteiger partial charge in [-0.1, -0.05) is 49.7 Å². The predicted molar refractivity (Wildman–Crippen MR) is 94.3 cm³/mol. The highest BCUT2D eigenvalue weighted by molar-refractivity contribution is 6.30. The van der Waals surface area contributed by atoms with E-state index in [1.165, 1.54) is 11.6 Å². The van der Waals surface area contributed by atoms with Crippen LogP contribution in [0, 0.1) is 0 Å². The van der Waals surface area contributed by atoms with Gasteiger partial charge in [-0.3, -0.25) is 4.79 Å². The third-order valence-corrected chi connectivity index (χ3v) is 3.91. The Morgan fingerprint density at radius 2 is 1.77 bits per heavy atom. The van der Waals surface area contributed by atoms with Crippen LogP contribution in [0.25, 0.3) is 6.08 Å². The average molecular weight is 314 g/mol. The smallest absolute Gasteiger partial charge is 0.248 e. The van der Waals surface area contributed by atoms with Crippen molar-refractivity contribution in [2.75, 3.05) is 5.32 Å². The number of amides is 1. The van der Waals surface area contributed by atoms with Crippen molar-refractivity contribution < 1.29 is 4.79 Å². The highest BCUT2D eigenvalue weighted by atomic mass is 35.5. The molecular weight excluding hydrogens is 294 g/mol. The minimum atomic E-state index is -0.147. The molecule has 2 aromatic carbocycles. The number of anilines is 1. The van der Waals surface area contributed by atoms with Crippen LogP contribution in [0.2, 0.25) is 5.02 Å². The maximum Gasteiger partial charge on any atom is 0.248 e. The van der Waals surface area contributed by atoms with Crippen molar-refractivity contribution in [2.24, 2.45) is 0 Å². The van der Waals surface area contributed by atoms with Crippen molar-refractivity contribution in [2.45, 2.75) is 26.2 Å². The van der Waals surface area contributed by atoms with Crippen molar-refractivity contribution in [1.29, 1.82) is 0 Å². The highest BCUT2D eigenvalue weighted by Crippen LogP contribution is 2.20. The first-order valence-corrected chi connectivity index (χ1v) is 7.81. The van der Waals surface area contributed by atoms with E-state index in [-0.39, 0.29) is 5.91 Å². The number of hydrogen-bond acceptors (Lipinski definition) is 1. The number of benzene rings is 2. The Hall–Kier alpha value is -2.06. The molecule has 3 heteroatoms. The van der Waals surface area contributed by atoms with Crippen molar-refractivity contribution in [1.82, 2.24) is 0 Å². The van der Waals surface area contributed by atoms with E-state index in [9.17, 15) is 4.79 Å². The first-order chi connectivity index (χ1) is 10.6. The van der Waals surface area contributed by atoms with Gasteiger partial charge in [0.25, 0.3) is 0 Å². The molecule has 0 bridgehead atoms. The van der Waals surface area contributed by atoms with E-state index in [2.05, 4.69) is 31.3 Å². The Bertz CT molecular complexity index is 644. The van der Waals surface area contributed by atoms with Crippen LogP contribution < -0.4 is 5.32 Å². The van der Waals surface area contributed by atoms with Gasteiger partial charge in [-0.25, -0.2) is 0 Å². The Labute approximate surface area is 136 Å². The molecule has 0 fully saturated rings. The molecule has 0 saturated carbocycles. The van der Waals surface area contributed by atoms with Crippen LogP contribution in [0.15, 0.2) is 54.6 Å². The first-order valence-electron chi connectivity index (χ1n) is 7.43. The van der Waals surface area contributed by atoms with Gasteiger partial charge >= 0.3 is 0 Å². The molecule has 114 valence electrons. The maximum absolute atomic E-state index is 11.9. The molecule has 2 aromatic rings. The van der Waals surface area contributed by atoms with Gasteiger partial charge in [0, 0.05) is 16.8 Å². The summed E-state index contributed by atoms with van der Waals surface area (Å²) in [4.78, 5) is 11.9. The van der Waals surface area contributed by atoms with Crippen LogP contribution in [0.4, 0.5) is 5.69 Å². The molecule has 0 unspecified atom stereocenters. The quantitative estimate of drug-likeness (QED) is 0.725. The minimum absolute atomic E-state index is 0.147. The van der Waals surface area contributed by atoms with Crippen molar-refractivity contribution in [3.8, 4) is 0 Å². The van der Waals surface area contributed by atoms with E-state index in [1.807, 2.05) is 24.3 Å². The zero-order valence-corrected chi connectivity index (χ0v) is 13.6. The average Bonchev–Trinajstić information content (AvgIpc) is 2.54. The Morgan fingerprint density at radius 1 is 1.14 bits per heavy atom. The third kappa shape index (κ3) is 4.74. The van der Waals surface area contributed by atoms with Gasteiger partial charge in [0.1, 0.15) is 0 Å². The number of carbonyl (C=O) groups is 1. The SMILES string of the molecule is CC[C@@H](C)c1ccc(NC(=O)/C=C/c2ccc(Cl)cc2)cc1. The zero-order chi connectivity index (χ0) is 15.9. The molecule has 1 N–H and O–H groups in total. The fourth-order valence-electron chi connectivity index (χ4n) is 2.06. The molecule has 0 aliphatic heterocycles.